The van der Waals surface area contributed by atoms with Crippen molar-refractivity contribution in [1.29, 1.82) is 0 Å². The lowest BCUT2D eigenvalue weighted by Crippen LogP contribution is -2.33. The lowest BCUT2D eigenvalue weighted by Gasteiger charge is -2.22. The molecule has 0 amide bonds. The van der Waals surface area contributed by atoms with Crippen LogP contribution in [0.25, 0.3) is 0 Å². The Labute approximate surface area is 111 Å². The van der Waals surface area contributed by atoms with E-state index in [2.05, 4.69) is 5.32 Å². The second-order valence-electron chi connectivity index (χ2n) is 4.75. The summed E-state index contributed by atoms with van der Waals surface area (Å²) in [7, 11) is 0. The highest BCUT2D eigenvalue weighted by Crippen LogP contribution is 2.32. The monoisotopic (exact) mass is 263 g/mol. The van der Waals surface area contributed by atoms with Crippen LogP contribution in [0.2, 0.25) is 0 Å². The molecule has 0 saturated carbocycles. The van der Waals surface area contributed by atoms with Crippen LogP contribution >= 0.6 is 0 Å². The third kappa shape index (κ3) is 2.88. The zero-order chi connectivity index (χ0) is 13.1. The van der Waals surface area contributed by atoms with Crippen molar-refractivity contribution >= 4 is 5.78 Å². The first-order valence-electron chi connectivity index (χ1n) is 6.58. The summed E-state index contributed by atoms with van der Waals surface area (Å²) in [6.07, 6.45) is 2.13. The Morgan fingerprint density at radius 3 is 2.89 bits per heavy atom. The lowest BCUT2D eigenvalue weighted by molar-refractivity contribution is 0.0317. The van der Waals surface area contributed by atoms with Crippen LogP contribution < -0.4 is 14.8 Å². The van der Waals surface area contributed by atoms with Crippen LogP contribution in [-0.4, -0.2) is 38.4 Å². The van der Waals surface area contributed by atoms with Gasteiger partial charge in [0.05, 0.1) is 6.10 Å². The molecule has 102 valence electrons. The summed E-state index contributed by atoms with van der Waals surface area (Å²) in [6.45, 7) is 2.27. The summed E-state index contributed by atoms with van der Waals surface area (Å²) in [6, 6.07) is 5.23. The lowest BCUT2D eigenvalue weighted by atomic mass is 10.1. The minimum absolute atomic E-state index is 0.0168. The van der Waals surface area contributed by atoms with Gasteiger partial charge in [0.15, 0.2) is 17.3 Å². The maximum absolute atomic E-state index is 12.1. The number of rotatable bonds is 4. The molecule has 2 aliphatic heterocycles. The molecular weight excluding hydrogens is 246 g/mol. The SMILES string of the molecule is O=C(COC1CCNCC1)c1ccc2c(c1)OCO2. The Hall–Kier alpha value is -1.59. The number of Topliss-reactive ketones (excluding diaryl/α,β-unsaturated/α-hetero) is 1. The quantitative estimate of drug-likeness (QED) is 0.831. The molecule has 0 spiro atoms. The third-order valence-corrected chi connectivity index (χ3v) is 3.43. The van der Waals surface area contributed by atoms with Gasteiger partial charge in [-0.05, 0) is 44.1 Å². The van der Waals surface area contributed by atoms with Crippen LogP contribution in [0, 0.1) is 0 Å². The number of carbonyl (C=O) groups is 1. The number of fused-ring (bicyclic) bond motifs is 1. The van der Waals surface area contributed by atoms with E-state index in [1.807, 2.05) is 0 Å². The highest BCUT2D eigenvalue weighted by Gasteiger charge is 2.18. The number of ketones is 1. The van der Waals surface area contributed by atoms with E-state index in [0.717, 1.165) is 25.9 Å². The predicted octanol–water partition coefficient (Wildman–Crippen LogP) is 1.37. The smallest absolute Gasteiger partial charge is 0.231 e. The van der Waals surface area contributed by atoms with E-state index in [9.17, 15) is 4.79 Å². The van der Waals surface area contributed by atoms with Crippen molar-refractivity contribution in [1.82, 2.24) is 5.32 Å². The van der Waals surface area contributed by atoms with Gasteiger partial charge in [-0.15, -0.1) is 0 Å². The Morgan fingerprint density at radius 2 is 2.05 bits per heavy atom. The molecule has 0 bridgehead atoms. The van der Waals surface area contributed by atoms with Gasteiger partial charge in [-0.2, -0.15) is 0 Å². The highest BCUT2D eigenvalue weighted by atomic mass is 16.7. The fourth-order valence-electron chi connectivity index (χ4n) is 2.31. The van der Waals surface area contributed by atoms with Crippen molar-refractivity contribution in [2.75, 3.05) is 26.5 Å². The van der Waals surface area contributed by atoms with E-state index in [-0.39, 0.29) is 25.3 Å². The molecule has 3 rings (SSSR count). The number of hydrogen-bond acceptors (Lipinski definition) is 5. The number of piperidine rings is 1. The highest BCUT2D eigenvalue weighted by molar-refractivity contribution is 5.97. The molecule has 0 atom stereocenters. The van der Waals surface area contributed by atoms with E-state index in [0.29, 0.717) is 17.1 Å². The molecule has 19 heavy (non-hydrogen) atoms. The van der Waals surface area contributed by atoms with E-state index >= 15 is 0 Å². The van der Waals surface area contributed by atoms with Crippen molar-refractivity contribution in [3.05, 3.63) is 23.8 Å². The molecule has 2 heterocycles. The second-order valence-corrected chi connectivity index (χ2v) is 4.75. The first-order chi connectivity index (χ1) is 9.33. The van der Waals surface area contributed by atoms with Gasteiger partial charge in [0.1, 0.15) is 6.61 Å². The first kappa shape index (κ1) is 12.4. The summed E-state index contributed by atoms with van der Waals surface area (Å²) in [4.78, 5) is 12.1. The van der Waals surface area contributed by atoms with Crippen molar-refractivity contribution in [3.63, 3.8) is 0 Å². The zero-order valence-corrected chi connectivity index (χ0v) is 10.7. The zero-order valence-electron chi connectivity index (χ0n) is 10.7. The van der Waals surface area contributed by atoms with Crippen LogP contribution in [0.1, 0.15) is 23.2 Å². The predicted molar refractivity (Wildman–Crippen MR) is 68.7 cm³/mol. The summed E-state index contributed by atoms with van der Waals surface area (Å²) in [5.41, 5.74) is 0.609. The van der Waals surface area contributed by atoms with Crippen molar-refractivity contribution in [3.8, 4) is 11.5 Å². The number of nitrogens with one attached hydrogen (secondary N) is 1. The molecule has 1 fully saturated rings. The standard InChI is InChI=1S/C14H17NO4/c16-12(8-17-11-3-5-15-6-4-11)10-1-2-13-14(7-10)19-9-18-13/h1-2,7,11,15H,3-6,8-9H2. The minimum atomic E-state index is -0.0168. The molecule has 1 saturated heterocycles. The van der Waals surface area contributed by atoms with Gasteiger partial charge in [0.25, 0.3) is 0 Å². The van der Waals surface area contributed by atoms with E-state index < -0.39 is 0 Å². The van der Waals surface area contributed by atoms with Gasteiger partial charge >= 0.3 is 0 Å². The molecule has 0 aliphatic carbocycles. The van der Waals surface area contributed by atoms with E-state index in [4.69, 9.17) is 14.2 Å². The average molecular weight is 263 g/mol. The Bertz CT molecular complexity index is 469. The summed E-state index contributed by atoms with van der Waals surface area (Å²) in [5, 5.41) is 3.27. The molecular formula is C14H17NO4. The maximum Gasteiger partial charge on any atom is 0.231 e. The van der Waals surface area contributed by atoms with Gasteiger partial charge in [-0.1, -0.05) is 0 Å². The molecule has 0 radical (unpaired) electrons. The van der Waals surface area contributed by atoms with Crippen molar-refractivity contribution < 1.29 is 19.0 Å². The normalized spacial score (nSPS) is 18.5. The third-order valence-electron chi connectivity index (χ3n) is 3.43. The fraction of sp³-hybridized carbons (Fsp3) is 0.500. The van der Waals surface area contributed by atoms with Crippen LogP contribution in [0.5, 0.6) is 11.5 Å². The Morgan fingerprint density at radius 1 is 1.26 bits per heavy atom. The number of benzene rings is 1. The largest absolute Gasteiger partial charge is 0.454 e. The number of ether oxygens (including phenoxy) is 3. The molecule has 5 heteroatoms. The van der Waals surface area contributed by atoms with Gasteiger partial charge in [0, 0.05) is 5.56 Å². The molecule has 1 N–H and O–H groups in total. The molecule has 1 aromatic carbocycles. The maximum atomic E-state index is 12.1. The van der Waals surface area contributed by atoms with Crippen molar-refractivity contribution in [2.45, 2.75) is 18.9 Å². The average Bonchev–Trinajstić information content (AvgIpc) is 2.93. The van der Waals surface area contributed by atoms with Crippen molar-refractivity contribution in [2.24, 2.45) is 0 Å². The Kier molecular flexibility index (Phi) is 3.66. The molecule has 5 nitrogen and oxygen atoms in total. The minimum Gasteiger partial charge on any atom is -0.454 e. The van der Waals surface area contributed by atoms with Crippen LogP contribution in [0.3, 0.4) is 0 Å². The van der Waals surface area contributed by atoms with E-state index in [1.54, 1.807) is 18.2 Å². The van der Waals surface area contributed by atoms with Gasteiger partial charge < -0.3 is 19.5 Å². The number of carbonyl (C=O) groups excluding carboxylic acids is 1. The van der Waals surface area contributed by atoms with Gasteiger partial charge in [0.2, 0.25) is 6.79 Å². The number of hydrogen-bond donors (Lipinski definition) is 1. The van der Waals surface area contributed by atoms with Gasteiger partial charge in [-0.25, -0.2) is 0 Å². The summed E-state index contributed by atoms with van der Waals surface area (Å²) in [5.74, 6) is 1.31. The summed E-state index contributed by atoms with van der Waals surface area (Å²) < 4.78 is 16.1. The second kappa shape index (κ2) is 5.59. The first-order valence-corrected chi connectivity index (χ1v) is 6.58. The molecule has 1 aromatic rings. The fourth-order valence-corrected chi connectivity index (χ4v) is 2.31. The molecule has 2 aliphatic rings. The topological polar surface area (TPSA) is 56.8 Å². The Balaban J connectivity index is 1.57. The van der Waals surface area contributed by atoms with E-state index in [1.165, 1.54) is 0 Å². The van der Waals surface area contributed by atoms with Crippen LogP contribution in [-0.2, 0) is 4.74 Å². The molecule has 0 unspecified atom stereocenters. The van der Waals surface area contributed by atoms with Crippen LogP contribution in [0.15, 0.2) is 18.2 Å². The summed E-state index contributed by atoms with van der Waals surface area (Å²) >= 11 is 0. The molecule has 0 aromatic heterocycles. The van der Waals surface area contributed by atoms with Crippen LogP contribution in [0.4, 0.5) is 0 Å². The van der Waals surface area contributed by atoms with Gasteiger partial charge in [-0.3, -0.25) is 4.79 Å².